The normalized spacial score (nSPS) is 19.6. The number of amides is 1. The second-order valence-electron chi connectivity index (χ2n) is 9.37. The summed E-state index contributed by atoms with van der Waals surface area (Å²) in [6, 6.07) is 10.2. The lowest BCUT2D eigenvalue weighted by Gasteiger charge is -2.26. The first kappa shape index (κ1) is 23.3. The molecule has 2 aliphatic rings. The number of β-amino-alcohol motifs (C(OH)–C–C–N with tert-alkyl or cyclic N) is 1. The summed E-state index contributed by atoms with van der Waals surface area (Å²) in [5.74, 6) is 0.370. The van der Waals surface area contributed by atoms with E-state index < -0.39 is 11.6 Å². The van der Waals surface area contributed by atoms with Gasteiger partial charge in [0.25, 0.3) is 5.91 Å². The predicted octanol–water partition coefficient (Wildman–Crippen LogP) is 3.57. The molecule has 2 N–H and O–H groups in total. The number of nitrogens with zero attached hydrogens (tertiary/aromatic N) is 6. The number of carbonyl (C=O) groups excluding carboxylic acids is 1. The summed E-state index contributed by atoms with van der Waals surface area (Å²) in [6.07, 6.45) is 4.84. The van der Waals surface area contributed by atoms with Crippen LogP contribution in [0.4, 0.5) is 26.2 Å². The van der Waals surface area contributed by atoms with Gasteiger partial charge in [0.1, 0.15) is 23.3 Å². The van der Waals surface area contributed by atoms with E-state index >= 15 is 0 Å². The van der Waals surface area contributed by atoms with Crippen LogP contribution in [-0.2, 0) is 0 Å². The van der Waals surface area contributed by atoms with E-state index in [2.05, 4.69) is 20.4 Å². The molecule has 2 aliphatic heterocycles. The number of aliphatic hydroxyl groups is 1. The second-order valence-corrected chi connectivity index (χ2v) is 9.37. The van der Waals surface area contributed by atoms with Crippen LogP contribution in [0.5, 0.6) is 0 Å². The largest absolute Gasteiger partial charge is 0.391 e. The molecular weight excluding hydrogens is 480 g/mol. The number of anilines is 3. The lowest BCUT2D eigenvalue weighted by molar-refractivity contribution is 0.102. The summed E-state index contributed by atoms with van der Waals surface area (Å²) in [6.45, 7) is 1.89. The fraction of sp³-hybridized carbons (Fsp3) is 0.308. The summed E-state index contributed by atoms with van der Waals surface area (Å²) >= 11 is 0. The molecule has 1 unspecified atom stereocenters. The summed E-state index contributed by atoms with van der Waals surface area (Å²) in [5.41, 5.74) is 1.21. The van der Waals surface area contributed by atoms with E-state index in [0.29, 0.717) is 60.2 Å². The molecule has 1 amide bonds. The van der Waals surface area contributed by atoms with Crippen molar-refractivity contribution in [3.63, 3.8) is 0 Å². The molecule has 190 valence electrons. The maximum atomic E-state index is 14.5. The first-order valence-electron chi connectivity index (χ1n) is 12.2. The molecule has 0 radical (unpaired) electrons. The van der Waals surface area contributed by atoms with E-state index in [4.69, 9.17) is 0 Å². The van der Waals surface area contributed by atoms with Gasteiger partial charge >= 0.3 is 0 Å². The number of carbonyl (C=O) groups is 1. The monoisotopic (exact) mass is 505 g/mol. The smallest absolute Gasteiger partial charge is 0.258 e. The van der Waals surface area contributed by atoms with Crippen molar-refractivity contribution in [3.8, 4) is 0 Å². The number of aromatic nitrogens is 4. The van der Waals surface area contributed by atoms with Crippen molar-refractivity contribution in [2.75, 3.05) is 34.8 Å². The number of pyridine rings is 1. The maximum Gasteiger partial charge on any atom is 0.258 e. The third-order valence-electron chi connectivity index (χ3n) is 6.95. The molecule has 11 heteroatoms. The molecule has 2 fully saturated rings. The standard InChI is InChI=1S/C26H25F2N7O2/c27-17-4-5-20(28)19(12-17)21-2-1-10-34(21)24-8-7-23-30-14-25(35(23)32-24)31-26(37)16-3-6-22(29-13-16)33-11-9-18(36)15-33/h3-8,12-14,18,21,36H,1-2,9-11,15H2,(H,31,37)/t18?,21-/m1/s1. The first-order chi connectivity index (χ1) is 18.0. The van der Waals surface area contributed by atoms with Crippen molar-refractivity contribution in [2.45, 2.75) is 31.4 Å². The van der Waals surface area contributed by atoms with E-state index in [1.807, 2.05) is 9.80 Å². The van der Waals surface area contributed by atoms with Gasteiger partial charge in [-0.15, -0.1) is 5.10 Å². The van der Waals surface area contributed by atoms with Gasteiger partial charge in [-0.1, -0.05) is 0 Å². The van der Waals surface area contributed by atoms with Crippen LogP contribution in [0.15, 0.2) is 54.9 Å². The van der Waals surface area contributed by atoms with Crippen LogP contribution in [0.3, 0.4) is 0 Å². The average molecular weight is 506 g/mol. The Balaban J connectivity index is 1.23. The number of nitrogens with one attached hydrogen (secondary N) is 1. The minimum atomic E-state index is -0.480. The van der Waals surface area contributed by atoms with E-state index in [1.54, 1.807) is 24.3 Å². The molecule has 1 aromatic carbocycles. The molecular formula is C26H25F2N7O2. The lowest BCUT2D eigenvalue weighted by Crippen LogP contribution is -2.25. The Kier molecular flexibility index (Phi) is 5.91. The highest BCUT2D eigenvalue weighted by Crippen LogP contribution is 2.36. The Morgan fingerprint density at radius 1 is 1.00 bits per heavy atom. The summed E-state index contributed by atoms with van der Waals surface area (Å²) < 4.78 is 29.9. The second kappa shape index (κ2) is 9.40. The van der Waals surface area contributed by atoms with Crippen molar-refractivity contribution in [2.24, 2.45) is 0 Å². The van der Waals surface area contributed by atoms with Gasteiger partial charge in [0, 0.05) is 31.4 Å². The van der Waals surface area contributed by atoms with Crippen LogP contribution in [0.1, 0.15) is 41.2 Å². The summed E-state index contributed by atoms with van der Waals surface area (Å²) in [4.78, 5) is 25.5. The van der Waals surface area contributed by atoms with Crippen LogP contribution in [0, 0.1) is 11.6 Å². The number of halogens is 2. The Morgan fingerprint density at radius 3 is 2.65 bits per heavy atom. The first-order valence-corrected chi connectivity index (χ1v) is 12.2. The van der Waals surface area contributed by atoms with Gasteiger partial charge in [-0.3, -0.25) is 4.79 Å². The molecule has 2 saturated heterocycles. The Bertz CT molecular complexity index is 1460. The maximum absolute atomic E-state index is 14.5. The highest BCUT2D eigenvalue weighted by atomic mass is 19.1. The molecule has 0 saturated carbocycles. The number of hydrogen-bond acceptors (Lipinski definition) is 7. The van der Waals surface area contributed by atoms with E-state index in [-0.39, 0.29) is 18.1 Å². The Hall–Kier alpha value is -4.12. The fourth-order valence-corrected chi connectivity index (χ4v) is 5.08. The van der Waals surface area contributed by atoms with Gasteiger partial charge in [0.2, 0.25) is 0 Å². The topological polar surface area (TPSA) is 98.9 Å². The third kappa shape index (κ3) is 4.46. The molecule has 0 spiro atoms. The number of benzene rings is 1. The van der Waals surface area contributed by atoms with Crippen molar-refractivity contribution >= 4 is 29.0 Å². The Morgan fingerprint density at radius 2 is 1.86 bits per heavy atom. The van der Waals surface area contributed by atoms with Crippen LogP contribution in [-0.4, -0.2) is 56.3 Å². The number of fused-ring (bicyclic) bond motifs is 1. The molecule has 4 aromatic rings. The lowest BCUT2D eigenvalue weighted by atomic mass is 10.0. The minimum absolute atomic E-state index is 0.304. The molecule has 6 rings (SSSR count). The molecule has 0 aliphatic carbocycles. The van der Waals surface area contributed by atoms with Crippen molar-refractivity contribution in [1.29, 1.82) is 0 Å². The van der Waals surface area contributed by atoms with E-state index in [0.717, 1.165) is 25.1 Å². The van der Waals surface area contributed by atoms with Gasteiger partial charge in [-0.05, 0) is 61.7 Å². The third-order valence-corrected chi connectivity index (χ3v) is 6.95. The number of aliphatic hydroxyl groups excluding tert-OH is 1. The highest BCUT2D eigenvalue weighted by Gasteiger charge is 2.30. The van der Waals surface area contributed by atoms with E-state index in [1.165, 1.54) is 23.0 Å². The van der Waals surface area contributed by atoms with Crippen LogP contribution in [0.25, 0.3) is 5.65 Å². The van der Waals surface area contributed by atoms with Crippen LogP contribution < -0.4 is 15.1 Å². The van der Waals surface area contributed by atoms with Crippen molar-refractivity contribution in [3.05, 3.63) is 77.6 Å². The molecule has 0 bridgehead atoms. The highest BCUT2D eigenvalue weighted by molar-refractivity contribution is 6.03. The number of hydrogen-bond donors (Lipinski definition) is 2. The molecule has 37 heavy (non-hydrogen) atoms. The van der Waals surface area contributed by atoms with Crippen LogP contribution >= 0.6 is 0 Å². The zero-order valence-corrected chi connectivity index (χ0v) is 19.9. The molecule has 3 aromatic heterocycles. The predicted molar refractivity (Wildman–Crippen MR) is 134 cm³/mol. The van der Waals surface area contributed by atoms with Crippen molar-refractivity contribution < 1.29 is 18.7 Å². The Labute approximate surface area is 211 Å². The average Bonchev–Trinajstić information content (AvgIpc) is 3.65. The van der Waals surface area contributed by atoms with Gasteiger partial charge in [0.15, 0.2) is 11.5 Å². The number of imidazole rings is 1. The zero-order valence-electron chi connectivity index (χ0n) is 19.9. The van der Waals surface area contributed by atoms with Gasteiger partial charge < -0.3 is 20.2 Å². The molecule has 5 heterocycles. The molecule has 9 nitrogen and oxygen atoms in total. The fourth-order valence-electron chi connectivity index (χ4n) is 5.08. The molecule has 2 atom stereocenters. The number of rotatable bonds is 5. The van der Waals surface area contributed by atoms with E-state index in [9.17, 15) is 18.7 Å². The quantitative estimate of drug-likeness (QED) is 0.428. The summed E-state index contributed by atoms with van der Waals surface area (Å²) in [5, 5.41) is 17.2. The van der Waals surface area contributed by atoms with Crippen LogP contribution in [0.2, 0.25) is 0 Å². The van der Waals surface area contributed by atoms with Crippen molar-refractivity contribution in [1.82, 2.24) is 19.6 Å². The minimum Gasteiger partial charge on any atom is -0.391 e. The zero-order chi connectivity index (χ0) is 25.5. The van der Waals surface area contributed by atoms with Gasteiger partial charge in [-0.2, -0.15) is 4.52 Å². The van der Waals surface area contributed by atoms with Gasteiger partial charge in [-0.25, -0.2) is 18.7 Å². The SMILES string of the molecule is O=C(Nc1cnc2ccc(N3CCC[C@@H]3c3cc(F)ccc3F)nn12)c1ccc(N2CCC(O)C2)nc1. The summed E-state index contributed by atoms with van der Waals surface area (Å²) in [7, 11) is 0. The van der Waals surface area contributed by atoms with Gasteiger partial charge in [0.05, 0.1) is 23.9 Å².